The molecule has 1 amide bonds. The van der Waals surface area contributed by atoms with Crippen LogP contribution in [0.3, 0.4) is 0 Å². The molecular weight excluding hydrogens is 338 g/mol. The minimum absolute atomic E-state index is 0.128. The van der Waals surface area contributed by atoms with E-state index in [1.807, 2.05) is 23.1 Å². The molecule has 4 rings (SSSR count). The van der Waals surface area contributed by atoms with Crippen molar-refractivity contribution in [2.24, 2.45) is 0 Å². The number of unbranched alkanes of at least 4 members (excludes halogenated alkanes) is 1. The monoisotopic (exact) mass is 367 g/mol. The average molecular weight is 367 g/mol. The second kappa shape index (κ2) is 8.21. The van der Waals surface area contributed by atoms with Gasteiger partial charge in [0.15, 0.2) is 0 Å². The van der Waals surface area contributed by atoms with Gasteiger partial charge in [0.05, 0.1) is 5.52 Å². The summed E-state index contributed by atoms with van der Waals surface area (Å²) in [4.78, 5) is 28.7. The van der Waals surface area contributed by atoms with Crippen LogP contribution in [0.15, 0.2) is 24.5 Å². The Balaban J connectivity index is 1.52. The van der Waals surface area contributed by atoms with Gasteiger partial charge in [-0.05, 0) is 44.0 Å². The van der Waals surface area contributed by atoms with Gasteiger partial charge >= 0.3 is 0 Å². The maximum absolute atomic E-state index is 13.0. The van der Waals surface area contributed by atoms with Crippen LogP contribution in [-0.2, 0) is 0 Å². The predicted octanol–water partition coefficient (Wildman–Crippen LogP) is 2.79. The number of hydrogen-bond acceptors (Lipinski definition) is 5. The first-order chi connectivity index (χ1) is 13.3. The smallest absolute Gasteiger partial charge is 0.253 e. The van der Waals surface area contributed by atoms with E-state index in [0.717, 1.165) is 68.1 Å². The second-order valence-electron chi connectivity index (χ2n) is 7.61. The van der Waals surface area contributed by atoms with Crippen molar-refractivity contribution >= 4 is 22.6 Å². The molecule has 0 bridgehead atoms. The predicted molar refractivity (Wildman–Crippen MR) is 108 cm³/mol. The Labute approximate surface area is 161 Å². The van der Waals surface area contributed by atoms with Crippen molar-refractivity contribution in [3.05, 3.63) is 30.1 Å². The zero-order chi connectivity index (χ0) is 18.6. The molecule has 1 aromatic carbocycles. The van der Waals surface area contributed by atoms with Crippen molar-refractivity contribution in [3.8, 4) is 0 Å². The fourth-order valence-electron chi connectivity index (χ4n) is 4.10. The molecule has 2 aliphatic heterocycles. The number of aromatic nitrogens is 2. The van der Waals surface area contributed by atoms with Gasteiger partial charge in [-0.1, -0.05) is 13.3 Å². The van der Waals surface area contributed by atoms with Crippen LogP contribution in [0, 0.1) is 0 Å². The number of anilines is 1. The summed E-state index contributed by atoms with van der Waals surface area (Å²) in [5.41, 5.74) is 1.66. The van der Waals surface area contributed by atoms with Gasteiger partial charge < -0.3 is 9.80 Å². The molecule has 2 fully saturated rings. The van der Waals surface area contributed by atoms with Crippen LogP contribution in [0.4, 0.5) is 5.82 Å². The Morgan fingerprint density at radius 3 is 2.56 bits per heavy atom. The quantitative estimate of drug-likeness (QED) is 0.813. The van der Waals surface area contributed by atoms with E-state index in [0.29, 0.717) is 0 Å². The van der Waals surface area contributed by atoms with Crippen molar-refractivity contribution in [1.29, 1.82) is 0 Å². The van der Waals surface area contributed by atoms with Crippen LogP contribution in [0.5, 0.6) is 0 Å². The minimum Gasteiger partial charge on any atom is -0.356 e. The van der Waals surface area contributed by atoms with E-state index in [1.165, 1.54) is 25.7 Å². The highest BCUT2D eigenvalue weighted by atomic mass is 16.2. The molecule has 144 valence electrons. The summed E-state index contributed by atoms with van der Waals surface area (Å²) < 4.78 is 0. The zero-order valence-electron chi connectivity index (χ0n) is 16.2. The number of benzene rings is 1. The zero-order valence-corrected chi connectivity index (χ0v) is 16.2. The number of amides is 1. The molecule has 0 saturated carbocycles. The number of rotatable bonds is 5. The third-order valence-corrected chi connectivity index (χ3v) is 5.75. The van der Waals surface area contributed by atoms with Crippen molar-refractivity contribution in [1.82, 2.24) is 19.8 Å². The molecule has 2 saturated heterocycles. The lowest BCUT2D eigenvalue weighted by Gasteiger charge is -2.34. The van der Waals surface area contributed by atoms with Gasteiger partial charge in [-0.2, -0.15) is 0 Å². The first-order valence-corrected chi connectivity index (χ1v) is 10.3. The third kappa shape index (κ3) is 3.90. The molecule has 0 N–H and O–H groups in total. The summed E-state index contributed by atoms with van der Waals surface area (Å²) in [5.74, 6) is 1.10. The third-order valence-electron chi connectivity index (χ3n) is 5.75. The highest BCUT2D eigenvalue weighted by Crippen LogP contribution is 2.27. The van der Waals surface area contributed by atoms with E-state index in [2.05, 4.69) is 26.7 Å². The topological polar surface area (TPSA) is 52.6 Å². The van der Waals surface area contributed by atoms with Crippen molar-refractivity contribution in [2.75, 3.05) is 50.7 Å². The van der Waals surface area contributed by atoms with Gasteiger partial charge in [-0.3, -0.25) is 9.69 Å². The molecule has 0 unspecified atom stereocenters. The number of carbonyl (C=O) groups excluding carboxylic acids is 1. The Morgan fingerprint density at radius 1 is 1.04 bits per heavy atom. The Morgan fingerprint density at radius 2 is 1.81 bits per heavy atom. The molecule has 6 heteroatoms. The minimum atomic E-state index is 0.128. The lowest BCUT2D eigenvalue weighted by molar-refractivity contribution is 0.0636. The maximum atomic E-state index is 13.0. The molecule has 2 aliphatic rings. The lowest BCUT2D eigenvalue weighted by atomic mass is 10.1. The van der Waals surface area contributed by atoms with Crippen LogP contribution in [0.2, 0.25) is 0 Å². The van der Waals surface area contributed by atoms with Crippen molar-refractivity contribution in [3.63, 3.8) is 0 Å². The average Bonchev–Trinajstić information content (AvgIpc) is 3.26. The van der Waals surface area contributed by atoms with Gasteiger partial charge in [-0.15, -0.1) is 0 Å². The summed E-state index contributed by atoms with van der Waals surface area (Å²) >= 11 is 0. The van der Waals surface area contributed by atoms with Crippen LogP contribution < -0.4 is 4.90 Å². The summed E-state index contributed by atoms with van der Waals surface area (Å²) in [6, 6.07) is 5.87. The van der Waals surface area contributed by atoms with Gasteiger partial charge in [0.2, 0.25) is 0 Å². The van der Waals surface area contributed by atoms with E-state index in [4.69, 9.17) is 0 Å². The van der Waals surface area contributed by atoms with E-state index < -0.39 is 0 Å². The first kappa shape index (κ1) is 18.2. The fourth-order valence-corrected chi connectivity index (χ4v) is 4.10. The maximum Gasteiger partial charge on any atom is 0.253 e. The Kier molecular flexibility index (Phi) is 5.53. The van der Waals surface area contributed by atoms with Crippen LogP contribution in [0.1, 0.15) is 43.0 Å². The van der Waals surface area contributed by atoms with Gasteiger partial charge in [-0.25, -0.2) is 9.97 Å². The molecule has 0 radical (unpaired) electrons. The normalized spacial score (nSPS) is 18.4. The largest absolute Gasteiger partial charge is 0.356 e. The van der Waals surface area contributed by atoms with Gasteiger partial charge in [0, 0.05) is 50.2 Å². The fraction of sp³-hybridized carbons (Fsp3) is 0.571. The molecule has 1 aromatic heterocycles. The number of piperazine rings is 1. The molecule has 3 heterocycles. The highest BCUT2D eigenvalue weighted by molar-refractivity contribution is 6.00. The summed E-state index contributed by atoms with van der Waals surface area (Å²) in [6.07, 6.45) is 6.49. The van der Waals surface area contributed by atoms with Gasteiger partial charge in [0.25, 0.3) is 5.91 Å². The van der Waals surface area contributed by atoms with Gasteiger partial charge in [0.1, 0.15) is 12.1 Å². The lowest BCUT2D eigenvalue weighted by Crippen LogP contribution is -2.48. The highest BCUT2D eigenvalue weighted by Gasteiger charge is 2.23. The number of nitrogens with zero attached hydrogens (tertiary/aromatic N) is 5. The molecule has 6 nitrogen and oxygen atoms in total. The Hall–Kier alpha value is -2.21. The van der Waals surface area contributed by atoms with Crippen LogP contribution in [-0.4, -0.2) is 71.5 Å². The standard InChI is InChI=1S/C21H29N5O/c1-2-3-8-24-11-13-26(14-12-24)21(27)17-6-7-19-18(15-17)20(23-16-22-19)25-9-4-5-10-25/h6-7,15-16H,2-5,8-14H2,1H3. The second-order valence-corrected chi connectivity index (χ2v) is 7.61. The number of hydrogen-bond donors (Lipinski definition) is 0. The summed E-state index contributed by atoms with van der Waals surface area (Å²) in [7, 11) is 0. The van der Waals surface area contributed by atoms with Crippen LogP contribution >= 0.6 is 0 Å². The van der Waals surface area contributed by atoms with E-state index in [1.54, 1.807) is 6.33 Å². The van der Waals surface area contributed by atoms with E-state index in [9.17, 15) is 4.79 Å². The molecule has 0 spiro atoms. The molecule has 2 aromatic rings. The summed E-state index contributed by atoms with van der Waals surface area (Å²) in [6.45, 7) is 9.00. The molecular formula is C21H29N5O. The first-order valence-electron chi connectivity index (χ1n) is 10.3. The SMILES string of the molecule is CCCCN1CCN(C(=O)c2ccc3ncnc(N4CCCC4)c3c2)CC1. The van der Waals surface area contributed by atoms with Crippen LogP contribution in [0.25, 0.3) is 10.9 Å². The summed E-state index contributed by atoms with van der Waals surface area (Å²) in [5, 5.41) is 0.992. The number of fused-ring (bicyclic) bond motifs is 1. The van der Waals surface area contributed by atoms with E-state index in [-0.39, 0.29) is 5.91 Å². The van der Waals surface area contributed by atoms with Crippen molar-refractivity contribution < 1.29 is 4.79 Å². The molecule has 27 heavy (non-hydrogen) atoms. The molecule has 0 atom stereocenters. The van der Waals surface area contributed by atoms with Crippen molar-refractivity contribution in [2.45, 2.75) is 32.6 Å². The molecule has 0 aliphatic carbocycles. The number of carbonyl (C=O) groups is 1. The van der Waals surface area contributed by atoms with E-state index >= 15 is 0 Å². The Bertz CT molecular complexity index is 794.